The van der Waals surface area contributed by atoms with Crippen molar-refractivity contribution in [1.82, 2.24) is 10.6 Å². The Balaban J connectivity index is 0.00000280. The fraction of sp³-hybridized carbons (Fsp3) is 0.667. The number of rotatable bonds is 8. The molecular weight excluding hydrogens is 469 g/mol. The Morgan fingerprint density at radius 2 is 2.11 bits per heavy atom. The van der Waals surface area contributed by atoms with Gasteiger partial charge in [-0.1, -0.05) is 12.5 Å². The van der Waals surface area contributed by atoms with E-state index in [-0.39, 0.29) is 29.7 Å². The highest BCUT2D eigenvalue weighted by molar-refractivity contribution is 14.0. The normalized spacial score (nSPS) is 22.6. The second-order valence-corrected chi connectivity index (χ2v) is 7.48. The Morgan fingerprint density at radius 1 is 1.32 bits per heavy atom. The van der Waals surface area contributed by atoms with Gasteiger partial charge in [0.25, 0.3) is 0 Å². The van der Waals surface area contributed by atoms with Crippen LogP contribution in [0.3, 0.4) is 0 Å². The summed E-state index contributed by atoms with van der Waals surface area (Å²) in [5.41, 5.74) is 1.41. The molecule has 2 aliphatic carbocycles. The van der Waals surface area contributed by atoms with Crippen LogP contribution in [0.2, 0.25) is 0 Å². The molecular formula is C21H34IN3O3. The summed E-state index contributed by atoms with van der Waals surface area (Å²) in [5, 5.41) is 16.7. The first kappa shape index (κ1) is 23.1. The minimum atomic E-state index is 0. The third-order valence-corrected chi connectivity index (χ3v) is 6.01. The molecule has 1 aromatic rings. The third-order valence-electron chi connectivity index (χ3n) is 6.01. The van der Waals surface area contributed by atoms with Gasteiger partial charge in [-0.3, -0.25) is 4.99 Å². The molecule has 1 spiro atoms. The van der Waals surface area contributed by atoms with Gasteiger partial charge in [-0.25, -0.2) is 0 Å². The predicted octanol–water partition coefficient (Wildman–Crippen LogP) is 3.46. The number of benzene rings is 1. The molecule has 3 rings (SSSR count). The van der Waals surface area contributed by atoms with Gasteiger partial charge in [-0.05, 0) is 57.2 Å². The minimum Gasteiger partial charge on any atom is -0.504 e. The maximum atomic E-state index is 9.71. The summed E-state index contributed by atoms with van der Waals surface area (Å²) >= 11 is 0. The van der Waals surface area contributed by atoms with E-state index < -0.39 is 0 Å². The van der Waals surface area contributed by atoms with E-state index in [0.29, 0.717) is 29.9 Å². The molecule has 2 aliphatic rings. The monoisotopic (exact) mass is 503 g/mol. The highest BCUT2D eigenvalue weighted by Gasteiger charge is 2.59. The van der Waals surface area contributed by atoms with Gasteiger partial charge in [-0.2, -0.15) is 0 Å². The van der Waals surface area contributed by atoms with E-state index in [1.165, 1.54) is 19.3 Å². The number of halogens is 1. The second-order valence-electron chi connectivity index (χ2n) is 7.48. The Hall–Kier alpha value is -1.22. The lowest BCUT2D eigenvalue weighted by molar-refractivity contribution is -0.168. The maximum absolute atomic E-state index is 9.71. The summed E-state index contributed by atoms with van der Waals surface area (Å²) in [6.07, 6.45) is 6.07. The summed E-state index contributed by atoms with van der Waals surface area (Å²) in [6, 6.07) is 5.90. The average Bonchev–Trinajstić information content (AvgIpc) is 2.60. The highest BCUT2D eigenvalue weighted by Crippen LogP contribution is 2.57. The summed E-state index contributed by atoms with van der Waals surface area (Å²) < 4.78 is 11.1. The molecule has 0 aromatic heterocycles. The van der Waals surface area contributed by atoms with E-state index in [2.05, 4.69) is 24.5 Å². The Labute approximate surface area is 185 Å². The molecule has 158 valence electrons. The first-order chi connectivity index (χ1) is 13.1. The lowest BCUT2D eigenvalue weighted by atomic mass is 9.51. The summed E-state index contributed by atoms with van der Waals surface area (Å²) in [7, 11) is 1.56. The predicted molar refractivity (Wildman–Crippen MR) is 123 cm³/mol. The summed E-state index contributed by atoms with van der Waals surface area (Å²) in [6.45, 7) is 6.48. The van der Waals surface area contributed by atoms with Crippen molar-refractivity contribution in [3.05, 3.63) is 23.8 Å². The molecule has 0 heterocycles. The quantitative estimate of drug-likeness (QED) is 0.288. The standard InChI is InChI=1S/C21H33N3O3.HI/c1-4-22-20(23-12-9-15-7-8-16(25)17(13-15)26-3)24-18-14-19(27-5-2)21(18)10-6-11-21;/h7-8,13,18-19,25H,4-6,9-12,14H2,1-3H3,(H2,22,23,24);1H. The van der Waals surface area contributed by atoms with E-state index in [1.54, 1.807) is 13.2 Å². The smallest absolute Gasteiger partial charge is 0.191 e. The van der Waals surface area contributed by atoms with Crippen LogP contribution >= 0.6 is 24.0 Å². The van der Waals surface area contributed by atoms with Gasteiger partial charge in [0, 0.05) is 31.2 Å². The number of aromatic hydroxyl groups is 1. The molecule has 3 N–H and O–H groups in total. The van der Waals surface area contributed by atoms with Crippen molar-refractivity contribution >= 4 is 29.9 Å². The van der Waals surface area contributed by atoms with Crippen molar-refractivity contribution < 1.29 is 14.6 Å². The molecule has 2 saturated carbocycles. The van der Waals surface area contributed by atoms with Crippen molar-refractivity contribution in [1.29, 1.82) is 0 Å². The molecule has 2 unspecified atom stereocenters. The zero-order valence-corrected chi connectivity index (χ0v) is 19.5. The zero-order chi connectivity index (χ0) is 19.3. The van der Waals surface area contributed by atoms with Crippen LogP contribution in [0.1, 0.15) is 45.1 Å². The topological polar surface area (TPSA) is 75.1 Å². The number of ether oxygens (including phenoxy) is 2. The van der Waals surface area contributed by atoms with Gasteiger partial charge in [0.1, 0.15) is 0 Å². The van der Waals surface area contributed by atoms with E-state index in [1.807, 2.05) is 12.1 Å². The number of phenolic OH excluding ortho intramolecular Hbond substituents is 1. The van der Waals surface area contributed by atoms with Crippen LogP contribution in [0.15, 0.2) is 23.2 Å². The number of methoxy groups -OCH3 is 1. The molecule has 0 bridgehead atoms. The second kappa shape index (κ2) is 10.5. The lowest BCUT2D eigenvalue weighted by Crippen LogP contribution is -2.68. The molecule has 1 aromatic carbocycles. The van der Waals surface area contributed by atoms with E-state index in [9.17, 15) is 5.11 Å². The van der Waals surface area contributed by atoms with Crippen molar-refractivity contribution in [3.8, 4) is 11.5 Å². The van der Waals surface area contributed by atoms with Crippen molar-refractivity contribution in [2.45, 2.75) is 58.1 Å². The van der Waals surface area contributed by atoms with Gasteiger partial charge in [0.15, 0.2) is 17.5 Å². The first-order valence-electron chi connectivity index (χ1n) is 10.1. The summed E-state index contributed by atoms with van der Waals surface area (Å²) in [5.74, 6) is 1.55. The lowest BCUT2D eigenvalue weighted by Gasteiger charge is -2.61. The molecule has 7 heteroatoms. The van der Waals surface area contributed by atoms with Gasteiger partial charge >= 0.3 is 0 Å². The SMILES string of the molecule is CCNC(=NCCc1ccc(O)c(OC)c1)NC1CC(OCC)C12CCC2.I. The summed E-state index contributed by atoms with van der Waals surface area (Å²) in [4.78, 5) is 4.75. The van der Waals surface area contributed by atoms with Crippen molar-refractivity contribution in [3.63, 3.8) is 0 Å². The zero-order valence-electron chi connectivity index (χ0n) is 17.2. The van der Waals surface area contributed by atoms with Gasteiger partial charge in [-0.15, -0.1) is 24.0 Å². The first-order valence-corrected chi connectivity index (χ1v) is 10.1. The molecule has 2 fully saturated rings. The van der Waals surface area contributed by atoms with E-state index in [4.69, 9.17) is 14.5 Å². The number of nitrogens with zero attached hydrogens (tertiary/aromatic N) is 1. The molecule has 0 aliphatic heterocycles. The molecule has 28 heavy (non-hydrogen) atoms. The van der Waals surface area contributed by atoms with Crippen LogP contribution in [0.5, 0.6) is 11.5 Å². The van der Waals surface area contributed by atoms with E-state index >= 15 is 0 Å². The van der Waals surface area contributed by atoms with Crippen LogP contribution in [0.25, 0.3) is 0 Å². The third kappa shape index (κ3) is 4.84. The van der Waals surface area contributed by atoms with Gasteiger partial charge in [0.05, 0.1) is 13.2 Å². The molecule has 0 saturated heterocycles. The minimum absolute atomic E-state index is 0. The molecule has 6 nitrogen and oxygen atoms in total. The number of nitrogens with one attached hydrogen (secondary N) is 2. The van der Waals surface area contributed by atoms with Gasteiger partial charge < -0.3 is 25.2 Å². The largest absolute Gasteiger partial charge is 0.504 e. The maximum Gasteiger partial charge on any atom is 0.191 e. The Morgan fingerprint density at radius 3 is 2.71 bits per heavy atom. The Kier molecular flexibility index (Phi) is 8.67. The van der Waals surface area contributed by atoms with Crippen LogP contribution in [-0.4, -0.2) is 50.0 Å². The molecule has 2 atom stereocenters. The number of hydrogen-bond donors (Lipinski definition) is 3. The number of phenols is 1. The van der Waals surface area contributed by atoms with E-state index in [0.717, 1.165) is 37.5 Å². The number of aliphatic imine (C=N–C) groups is 1. The highest BCUT2D eigenvalue weighted by atomic mass is 127. The van der Waals surface area contributed by atoms with Crippen LogP contribution in [0, 0.1) is 5.41 Å². The van der Waals surface area contributed by atoms with Crippen molar-refractivity contribution in [2.75, 3.05) is 26.8 Å². The average molecular weight is 503 g/mol. The van der Waals surface area contributed by atoms with Crippen LogP contribution in [-0.2, 0) is 11.2 Å². The number of hydrogen-bond acceptors (Lipinski definition) is 4. The fourth-order valence-electron chi connectivity index (χ4n) is 4.30. The number of guanidine groups is 1. The molecule has 0 radical (unpaired) electrons. The molecule has 0 amide bonds. The van der Waals surface area contributed by atoms with Gasteiger partial charge in [0.2, 0.25) is 0 Å². The van der Waals surface area contributed by atoms with Crippen LogP contribution in [0.4, 0.5) is 0 Å². The van der Waals surface area contributed by atoms with Crippen LogP contribution < -0.4 is 15.4 Å². The van der Waals surface area contributed by atoms with Crippen molar-refractivity contribution in [2.24, 2.45) is 10.4 Å². The Bertz CT molecular complexity index is 664. The fourth-order valence-corrected chi connectivity index (χ4v) is 4.30.